The zero-order chi connectivity index (χ0) is 11.5. The minimum absolute atomic E-state index is 0.233. The van der Waals surface area contributed by atoms with Crippen LogP contribution in [0.25, 0.3) is 0 Å². The molecule has 0 aromatic heterocycles. The molecule has 1 heteroatoms. The van der Waals surface area contributed by atoms with Crippen molar-refractivity contribution in [1.82, 2.24) is 0 Å². The van der Waals surface area contributed by atoms with Crippen molar-refractivity contribution in [3.05, 3.63) is 47.2 Å². The highest BCUT2D eigenvalue weighted by Gasteiger charge is 2.12. The second-order valence-electron chi connectivity index (χ2n) is 5.14. The first-order valence-corrected chi connectivity index (χ1v) is 5.40. The van der Waals surface area contributed by atoms with Crippen molar-refractivity contribution >= 4 is 0 Å². The smallest absolute Gasteiger partial charge is 0.00527 e. The lowest BCUT2D eigenvalue weighted by Crippen LogP contribution is -2.10. The minimum Gasteiger partial charge on any atom is -0.405 e. The van der Waals surface area contributed by atoms with Crippen molar-refractivity contribution in [3.63, 3.8) is 0 Å². The number of hydrogen-bond acceptors (Lipinski definition) is 1. The van der Waals surface area contributed by atoms with Gasteiger partial charge in [-0.3, -0.25) is 0 Å². The third kappa shape index (κ3) is 3.43. The van der Waals surface area contributed by atoms with Gasteiger partial charge in [0.25, 0.3) is 0 Å². The molecule has 0 atom stereocenters. The molecule has 2 N–H and O–H groups in total. The molecular formula is C14H21N. The van der Waals surface area contributed by atoms with Crippen LogP contribution in [0.4, 0.5) is 0 Å². The van der Waals surface area contributed by atoms with Gasteiger partial charge in [-0.2, -0.15) is 0 Å². The van der Waals surface area contributed by atoms with Crippen LogP contribution in [0.15, 0.2) is 36.0 Å². The predicted molar refractivity (Wildman–Crippen MR) is 66.8 cm³/mol. The van der Waals surface area contributed by atoms with Gasteiger partial charge in [0.05, 0.1) is 0 Å². The summed E-state index contributed by atoms with van der Waals surface area (Å²) < 4.78 is 0. The Morgan fingerprint density at radius 1 is 1.20 bits per heavy atom. The van der Waals surface area contributed by atoms with Crippen molar-refractivity contribution in [2.24, 2.45) is 5.73 Å². The summed E-state index contributed by atoms with van der Waals surface area (Å²) in [7, 11) is 0. The van der Waals surface area contributed by atoms with Crippen molar-refractivity contribution in [2.75, 3.05) is 0 Å². The van der Waals surface area contributed by atoms with E-state index in [1.165, 1.54) is 16.7 Å². The molecular weight excluding hydrogens is 182 g/mol. The number of hydrogen-bond donors (Lipinski definition) is 1. The molecule has 0 spiro atoms. The van der Waals surface area contributed by atoms with Crippen LogP contribution < -0.4 is 5.73 Å². The van der Waals surface area contributed by atoms with Crippen LogP contribution in [0.5, 0.6) is 0 Å². The van der Waals surface area contributed by atoms with E-state index in [-0.39, 0.29) is 5.41 Å². The SMILES string of the molecule is CC(=CN)Cc1ccc(C(C)(C)C)cc1. The van der Waals surface area contributed by atoms with E-state index in [1.54, 1.807) is 6.20 Å². The molecule has 1 aromatic rings. The fourth-order valence-corrected chi connectivity index (χ4v) is 1.50. The van der Waals surface area contributed by atoms with Crippen LogP contribution in [-0.2, 0) is 11.8 Å². The summed E-state index contributed by atoms with van der Waals surface area (Å²) in [5, 5.41) is 0. The average Bonchev–Trinajstić information content (AvgIpc) is 2.17. The maximum Gasteiger partial charge on any atom is -0.00527 e. The first-order chi connectivity index (χ1) is 6.93. The molecule has 1 rings (SSSR count). The molecule has 15 heavy (non-hydrogen) atoms. The maximum atomic E-state index is 5.46. The third-order valence-electron chi connectivity index (χ3n) is 2.59. The fraction of sp³-hybridized carbons (Fsp3) is 0.429. The summed E-state index contributed by atoms with van der Waals surface area (Å²) in [6.07, 6.45) is 2.62. The second kappa shape index (κ2) is 4.52. The molecule has 0 aliphatic carbocycles. The van der Waals surface area contributed by atoms with Gasteiger partial charge in [-0.1, -0.05) is 50.6 Å². The third-order valence-corrected chi connectivity index (χ3v) is 2.59. The number of nitrogens with two attached hydrogens (primary N) is 1. The molecule has 0 saturated carbocycles. The van der Waals surface area contributed by atoms with E-state index >= 15 is 0 Å². The lowest BCUT2D eigenvalue weighted by molar-refractivity contribution is 0.590. The quantitative estimate of drug-likeness (QED) is 0.783. The van der Waals surface area contributed by atoms with Gasteiger partial charge in [0.15, 0.2) is 0 Å². The highest BCUT2D eigenvalue weighted by atomic mass is 14.5. The van der Waals surface area contributed by atoms with Crippen LogP contribution in [0.2, 0.25) is 0 Å². The summed E-state index contributed by atoms with van der Waals surface area (Å²) in [5.41, 5.74) is 9.59. The average molecular weight is 203 g/mol. The molecule has 0 aliphatic rings. The summed E-state index contributed by atoms with van der Waals surface area (Å²) in [6, 6.07) is 8.79. The Morgan fingerprint density at radius 3 is 2.13 bits per heavy atom. The Hall–Kier alpha value is -1.24. The Bertz CT molecular complexity index is 339. The highest BCUT2D eigenvalue weighted by molar-refractivity contribution is 5.29. The molecule has 0 radical (unpaired) electrons. The molecule has 1 nitrogen and oxygen atoms in total. The molecule has 0 unspecified atom stereocenters. The van der Waals surface area contributed by atoms with Gasteiger partial charge >= 0.3 is 0 Å². The largest absolute Gasteiger partial charge is 0.405 e. The molecule has 1 aromatic carbocycles. The summed E-state index contributed by atoms with van der Waals surface area (Å²) in [4.78, 5) is 0. The minimum atomic E-state index is 0.233. The maximum absolute atomic E-state index is 5.46. The van der Waals surface area contributed by atoms with Crippen molar-refractivity contribution in [1.29, 1.82) is 0 Å². The summed E-state index contributed by atoms with van der Waals surface area (Å²) in [6.45, 7) is 8.74. The van der Waals surface area contributed by atoms with Crippen LogP contribution in [0.1, 0.15) is 38.8 Å². The standard InChI is InChI=1S/C14H21N/c1-11(10-15)9-12-5-7-13(8-6-12)14(2,3)4/h5-8,10H,9,15H2,1-4H3. The molecule has 0 aliphatic heterocycles. The summed E-state index contributed by atoms with van der Waals surface area (Å²) in [5.74, 6) is 0. The lowest BCUT2D eigenvalue weighted by Gasteiger charge is -2.19. The summed E-state index contributed by atoms with van der Waals surface area (Å²) >= 11 is 0. The molecule has 0 saturated heterocycles. The van der Waals surface area contributed by atoms with Crippen molar-refractivity contribution in [2.45, 2.75) is 39.5 Å². The first kappa shape index (κ1) is 11.8. The number of benzene rings is 1. The van der Waals surface area contributed by atoms with Crippen LogP contribution in [0.3, 0.4) is 0 Å². The second-order valence-corrected chi connectivity index (χ2v) is 5.14. The Balaban J connectivity index is 2.82. The van der Waals surface area contributed by atoms with Gasteiger partial charge < -0.3 is 5.73 Å². The topological polar surface area (TPSA) is 26.0 Å². The van der Waals surface area contributed by atoms with Gasteiger partial charge in [-0.25, -0.2) is 0 Å². The van der Waals surface area contributed by atoms with Gasteiger partial charge in [0.1, 0.15) is 0 Å². The predicted octanol–water partition coefficient (Wildman–Crippen LogP) is 3.39. The van der Waals surface area contributed by atoms with Crippen LogP contribution in [0, 0.1) is 0 Å². The van der Waals surface area contributed by atoms with E-state index in [0.29, 0.717) is 0 Å². The molecule has 0 heterocycles. The Kier molecular flexibility index (Phi) is 3.57. The lowest BCUT2D eigenvalue weighted by atomic mass is 9.86. The molecule has 0 bridgehead atoms. The monoisotopic (exact) mass is 203 g/mol. The zero-order valence-electron chi connectivity index (χ0n) is 10.2. The number of allylic oxidation sites excluding steroid dienone is 1. The van der Waals surface area contributed by atoms with E-state index in [2.05, 4.69) is 52.0 Å². The Morgan fingerprint density at radius 2 is 1.73 bits per heavy atom. The van der Waals surface area contributed by atoms with Crippen LogP contribution in [-0.4, -0.2) is 0 Å². The van der Waals surface area contributed by atoms with Gasteiger partial charge in [0.2, 0.25) is 0 Å². The van der Waals surface area contributed by atoms with E-state index in [4.69, 9.17) is 5.73 Å². The first-order valence-electron chi connectivity index (χ1n) is 5.40. The number of rotatable bonds is 2. The van der Waals surface area contributed by atoms with E-state index in [9.17, 15) is 0 Å². The van der Waals surface area contributed by atoms with E-state index in [0.717, 1.165) is 6.42 Å². The van der Waals surface area contributed by atoms with E-state index < -0.39 is 0 Å². The van der Waals surface area contributed by atoms with E-state index in [1.807, 2.05) is 0 Å². The molecule has 0 amide bonds. The molecule has 82 valence electrons. The van der Waals surface area contributed by atoms with Crippen molar-refractivity contribution < 1.29 is 0 Å². The highest BCUT2D eigenvalue weighted by Crippen LogP contribution is 2.22. The van der Waals surface area contributed by atoms with Gasteiger partial charge in [0, 0.05) is 0 Å². The van der Waals surface area contributed by atoms with Crippen molar-refractivity contribution in [3.8, 4) is 0 Å². The fourth-order valence-electron chi connectivity index (χ4n) is 1.50. The molecule has 0 fully saturated rings. The van der Waals surface area contributed by atoms with Crippen LogP contribution >= 0.6 is 0 Å². The zero-order valence-corrected chi connectivity index (χ0v) is 10.2. The normalized spacial score (nSPS) is 12.9. The Labute approximate surface area is 93.0 Å². The van der Waals surface area contributed by atoms with Gasteiger partial charge in [-0.05, 0) is 36.1 Å². The van der Waals surface area contributed by atoms with Gasteiger partial charge in [-0.15, -0.1) is 0 Å².